The van der Waals surface area contributed by atoms with Crippen molar-refractivity contribution >= 4 is 23.3 Å². The second-order valence-electron chi connectivity index (χ2n) is 6.41. The van der Waals surface area contributed by atoms with Crippen molar-refractivity contribution in [3.8, 4) is 11.5 Å². The fraction of sp³-hybridized carbons (Fsp3) is 0.300. The summed E-state index contributed by atoms with van der Waals surface area (Å²) in [6.45, 7) is 2.36. The van der Waals surface area contributed by atoms with Crippen LogP contribution in [0, 0.1) is 6.92 Å². The molecule has 3 amide bonds. The van der Waals surface area contributed by atoms with Crippen LogP contribution in [0.2, 0.25) is 0 Å². The van der Waals surface area contributed by atoms with Crippen LogP contribution in [0.1, 0.15) is 12.0 Å². The number of anilines is 2. The third-order valence-electron chi connectivity index (χ3n) is 4.41. The highest BCUT2D eigenvalue weighted by atomic mass is 16.5. The molecule has 0 saturated carbocycles. The molecule has 0 radical (unpaired) electrons. The molecule has 7 nitrogen and oxygen atoms in total. The Kier molecular flexibility index (Phi) is 5.49. The molecule has 2 aromatic rings. The molecular weight excluding hydrogens is 346 g/mol. The van der Waals surface area contributed by atoms with E-state index in [9.17, 15) is 9.59 Å². The molecule has 0 spiro atoms. The summed E-state index contributed by atoms with van der Waals surface area (Å²) in [5.74, 6) is 1.10. The summed E-state index contributed by atoms with van der Waals surface area (Å²) in [6.07, 6.45) is 0.246. The number of urea groups is 1. The van der Waals surface area contributed by atoms with Crippen molar-refractivity contribution in [3.05, 3.63) is 48.0 Å². The molecule has 0 aliphatic carbocycles. The first-order valence-electron chi connectivity index (χ1n) is 8.66. The van der Waals surface area contributed by atoms with Gasteiger partial charge in [-0.1, -0.05) is 12.1 Å². The number of carbonyl (C=O) groups excluding carboxylic acids is 2. The average Bonchev–Trinajstić information content (AvgIpc) is 3.01. The fourth-order valence-corrected chi connectivity index (χ4v) is 3.12. The monoisotopic (exact) mass is 369 g/mol. The van der Waals surface area contributed by atoms with Crippen LogP contribution in [0.25, 0.3) is 0 Å². The Labute approximate surface area is 158 Å². The van der Waals surface area contributed by atoms with Gasteiger partial charge in [0.25, 0.3) is 0 Å². The van der Waals surface area contributed by atoms with Gasteiger partial charge >= 0.3 is 6.03 Å². The standard InChI is InChI=1S/C20H23N3O4/c1-13-5-4-6-14(9-13)21-20(25)22-15-10-19(24)23(12-15)16-7-8-17(26-2)18(11-16)27-3/h4-9,11,15H,10,12H2,1-3H3,(H2,21,22,25). The van der Waals surface area contributed by atoms with Crippen LogP contribution in [-0.2, 0) is 4.79 Å². The van der Waals surface area contributed by atoms with E-state index in [0.29, 0.717) is 29.4 Å². The highest BCUT2D eigenvalue weighted by Crippen LogP contribution is 2.33. The number of nitrogens with zero attached hydrogens (tertiary/aromatic N) is 1. The highest BCUT2D eigenvalue weighted by molar-refractivity contribution is 5.98. The van der Waals surface area contributed by atoms with Gasteiger partial charge in [0.2, 0.25) is 5.91 Å². The number of ether oxygens (including phenoxy) is 2. The molecule has 7 heteroatoms. The second kappa shape index (κ2) is 7.99. The van der Waals surface area contributed by atoms with Crippen molar-refractivity contribution in [1.29, 1.82) is 0 Å². The Morgan fingerprint density at radius 3 is 2.59 bits per heavy atom. The van der Waals surface area contributed by atoms with Gasteiger partial charge in [-0.15, -0.1) is 0 Å². The molecule has 142 valence electrons. The van der Waals surface area contributed by atoms with Gasteiger partial charge < -0.3 is 25.0 Å². The maximum Gasteiger partial charge on any atom is 0.319 e. The Morgan fingerprint density at radius 2 is 1.89 bits per heavy atom. The number of benzene rings is 2. The largest absolute Gasteiger partial charge is 0.493 e. The molecular formula is C20H23N3O4. The van der Waals surface area contributed by atoms with Gasteiger partial charge in [-0.05, 0) is 36.8 Å². The number of hydrogen-bond acceptors (Lipinski definition) is 4. The van der Waals surface area contributed by atoms with E-state index in [0.717, 1.165) is 5.56 Å². The van der Waals surface area contributed by atoms with Crippen molar-refractivity contribution in [2.75, 3.05) is 31.0 Å². The summed E-state index contributed by atoms with van der Waals surface area (Å²) in [5, 5.41) is 5.66. The molecule has 1 saturated heterocycles. The predicted molar refractivity (Wildman–Crippen MR) is 104 cm³/mol. The van der Waals surface area contributed by atoms with Gasteiger partial charge in [0.05, 0.1) is 20.3 Å². The summed E-state index contributed by atoms with van der Waals surface area (Å²) in [6, 6.07) is 12.3. The van der Waals surface area contributed by atoms with Crippen LogP contribution in [-0.4, -0.2) is 38.7 Å². The van der Waals surface area contributed by atoms with Crippen molar-refractivity contribution in [2.45, 2.75) is 19.4 Å². The number of nitrogens with one attached hydrogen (secondary N) is 2. The summed E-state index contributed by atoms with van der Waals surface area (Å²) in [4.78, 5) is 26.3. The number of methoxy groups -OCH3 is 2. The van der Waals surface area contributed by atoms with E-state index in [1.54, 1.807) is 37.3 Å². The van der Waals surface area contributed by atoms with Gasteiger partial charge in [0, 0.05) is 30.4 Å². The molecule has 1 atom stereocenters. The molecule has 27 heavy (non-hydrogen) atoms. The van der Waals surface area contributed by atoms with Crippen molar-refractivity contribution in [3.63, 3.8) is 0 Å². The summed E-state index contributed by atoms with van der Waals surface area (Å²) >= 11 is 0. The quantitative estimate of drug-likeness (QED) is 0.849. The minimum atomic E-state index is -0.326. The Hall–Kier alpha value is -3.22. The van der Waals surface area contributed by atoms with E-state index in [1.165, 1.54) is 0 Å². The molecule has 1 unspecified atom stereocenters. The van der Waals surface area contributed by atoms with E-state index in [4.69, 9.17) is 9.47 Å². The summed E-state index contributed by atoms with van der Waals surface area (Å²) in [7, 11) is 3.11. The molecule has 1 fully saturated rings. The van der Waals surface area contributed by atoms with Crippen LogP contribution < -0.4 is 25.0 Å². The predicted octanol–water partition coefficient (Wildman–Crippen LogP) is 2.94. The first-order chi connectivity index (χ1) is 13.0. The van der Waals surface area contributed by atoms with Gasteiger partial charge in [0.15, 0.2) is 11.5 Å². The lowest BCUT2D eigenvalue weighted by molar-refractivity contribution is -0.117. The maximum absolute atomic E-state index is 12.4. The lowest BCUT2D eigenvalue weighted by Gasteiger charge is -2.19. The Balaban J connectivity index is 1.64. The van der Waals surface area contributed by atoms with Crippen molar-refractivity contribution in [1.82, 2.24) is 5.32 Å². The zero-order valence-electron chi connectivity index (χ0n) is 15.6. The first-order valence-corrected chi connectivity index (χ1v) is 8.66. The number of rotatable bonds is 5. The molecule has 2 N–H and O–H groups in total. The smallest absolute Gasteiger partial charge is 0.319 e. The molecule has 0 bridgehead atoms. The van der Waals surface area contributed by atoms with Gasteiger partial charge in [-0.25, -0.2) is 4.79 Å². The van der Waals surface area contributed by atoms with Crippen LogP contribution in [0.3, 0.4) is 0 Å². The Morgan fingerprint density at radius 1 is 1.11 bits per heavy atom. The topological polar surface area (TPSA) is 79.9 Å². The SMILES string of the molecule is COc1ccc(N2CC(NC(=O)Nc3cccc(C)c3)CC2=O)cc1OC. The second-order valence-corrected chi connectivity index (χ2v) is 6.41. The minimum Gasteiger partial charge on any atom is -0.493 e. The third kappa shape index (κ3) is 4.31. The van der Waals surface area contributed by atoms with Gasteiger partial charge in [-0.3, -0.25) is 4.79 Å². The molecule has 3 rings (SSSR count). The number of hydrogen-bond donors (Lipinski definition) is 2. The number of carbonyl (C=O) groups is 2. The van der Waals surface area contributed by atoms with Crippen LogP contribution in [0.5, 0.6) is 11.5 Å². The normalized spacial score (nSPS) is 16.2. The molecule has 0 aromatic heterocycles. The van der Waals surface area contributed by atoms with Crippen LogP contribution >= 0.6 is 0 Å². The maximum atomic E-state index is 12.4. The van der Waals surface area contributed by atoms with E-state index in [-0.39, 0.29) is 24.4 Å². The number of amides is 3. The fourth-order valence-electron chi connectivity index (χ4n) is 3.12. The van der Waals surface area contributed by atoms with E-state index in [1.807, 2.05) is 31.2 Å². The van der Waals surface area contributed by atoms with E-state index < -0.39 is 0 Å². The lowest BCUT2D eigenvalue weighted by Crippen LogP contribution is -2.39. The van der Waals surface area contributed by atoms with Crippen molar-refractivity contribution in [2.24, 2.45) is 0 Å². The molecule has 1 heterocycles. The highest BCUT2D eigenvalue weighted by Gasteiger charge is 2.32. The zero-order chi connectivity index (χ0) is 19.4. The summed E-state index contributed by atoms with van der Waals surface area (Å²) < 4.78 is 10.5. The summed E-state index contributed by atoms with van der Waals surface area (Å²) in [5.41, 5.74) is 2.48. The molecule has 1 aliphatic rings. The lowest BCUT2D eigenvalue weighted by atomic mass is 10.2. The molecule has 1 aliphatic heterocycles. The minimum absolute atomic E-state index is 0.0527. The van der Waals surface area contributed by atoms with Gasteiger partial charge in [0.1, 0.15) is 0 Å². The number of aryl methyl sites for hydroxylation is 1. The van der Waals surface area contributed by atoms with E-state index >= 15 is 0 Å². The van der Waals surface area contributed by atoms with Crippen molar-refractivity contribution < 1.29 is 19.1 Å². The average molecular weight is 369 g/mol. The van der Waals surface area contributed by atoms with Crippen LogP contribution in [0.4, 0.5) is 16.2 Å². The van der Waals surface area contributed by atoms with Crippen LogP contribution in [0.15, 0.2) is 42.5 Å². The van der Waals surface area contributed by atoms with Gasteiger partial charge in [-0.2, -0.15) is 0 Å². The third-order valence-corrected chi connectivity index (χ3v) is 4.41. The molecule has 2 aromatic carbocycles. The zero-order valence-corrected chi connectivity index (χ0v) is 15.6. The van der Waals surface area contributed by atoms with E-state index in [2.05, 4.69) is 10.6 Å². The Bertz CT molecular complexity index is 853. The first kappa shape index (κ1) is 18.6.